The van der Waals surface area contributed by atoms with Gasteiger partial charge in [-0.05, 0) is 48.9 Å². The molecule has 4 aromatic rings. The number of pyridine rings is 1. The summed E-state index contributed by atoms with van der Waals surface area (Å²) in [4.78, 5) is 19.9. The van der Waals surface area contributed by atoms with Crippen LogP contribution in [-0.4, -0.2) is 14.9 Å². The summed E-state index contributed by atoms with van der Waals surface area (Å²) in [5.74, 6) is 0.479. The molecule has 0 unspecified atom stereocenters. The number of ether oxygens (including phenoxy) is 1. The van der Waals surface area contributed by atoms with Gasteiger partial charge in [-0.3, -0.25) is 15.1 Å². The number of rotatable bonds is 7. The minimum absolute atomic E-state index is 0.0263. The second-order valence-corrected chi connectivity index (χ2v) is 8.06. The van der Waals surface area contributed by atoms with Crippen molar-refractivity contribution in [3.63, 3.8) is 0 Å². The van der Waals surface area contributed by atoms with Crippen molar-refractivity contribution in [2.75, 3.05) is 0 Å². The summed E-state index contributed by atoms with van der Waals surface area (Å²) in [5, 5.41) is 14.4. The number of nitro groups is 1. The standard InChI is InChI=1S/C23H18ClN3O3S/c1-2-4-17-13-16(11-12-25-17)23-26-20(14-31-23)15-7-9-18(10-8-15)30-22-19(24)5-3-6-21(22)27(28)29/h3,5-14H,2,4H2,1H3. The number of hydrogen-bond donors (Lipinski definition) is 0. The van der Waals surface area contributed by atoms with Crippen LogP contribution in [-0.2, 0) is 6.42 Å². The Balaban J connectivity index is 1.55. The first-order valence-electron chi connectivity index (χ1n) is 9.67. The number of hydrogen-bond acceptors (Lipinski definition) is 6. The molecule has 0 N–H and O–H groups in total. The molecule has 0 aliphatic rings. The molecule has 2 aromatic carbocycles. The Kier molecular flexibility index (Phi) is 6.25. The van der Waals surface area contributed by atoms with Crippen LogP contribution in [0.25, 0.3) is 21.8 Å². The predicted molar refractivity (Wildman–Crippen MR) is 123 cm³/mol. The van der Waals surface area contributed by atoms with E-state index in [-0.39, 0.29) is 16.5 Å². The molecule has 0 aliphatic heterocycles. The maximum absolute atomic E-state index is 11.2. The molecule has 0 radical (unpaired) electrons. The monoisotopic (exact) mass is 451 g/mol. The quantitative estimate of drug-likeness (QED) is 0.219. The zero-order valence-electron chi connectivity index (χ0n) is 16.6. The number of halogens is 1. The first kappa shape index (κ1) is 21.0. The van der Waals surface area contributed by atoms with Crippen molar-refractivity contribution in [3.8, 4) is 33.3 Å². The van der Waals surface area contributed by atoms with Gasteiger partial charge in [0.2, 0.25) is 5.75 Å². The van der Waals surface area contributed by atoms with Gasteiger partial charge < -0.3 is 4.74 Å². The van der Waals surface area contributed by atoms with Crippen molar-refractivity contribution in [2.24, 2.45) is 0 Å². The van der Waals surface area contributed by atoms with E-state index in [1.165, 1.54) is 12.1 Å². The molecule has 2 aromatic heterocycles. The van der Waals surface area contributed by atoms with Gasteiger partial charge >= 0.3 is 5.69 Å². The summed E-state index contributed by atoms with van der Waals surface area (Å²) in [6.45, 7) is 2.13. The second-order valence-electron chi connectivity index (χ2n) is 6.80. The first-order chi connectivity index (χ1) is 15.0. The zero-order valence-corrected chi connectivity index (χ0v) is 18.2. The van der Waals surface area contributed by atoms with Crippen LogP contribution < -0.4 is 4.74 Å². The van der Waals surface area contributed by atoms with Gasteiger partial charge in [0.15, 0.2) is 0 Å². The smallest absolute Gasteiger partial charge is 0.313 e. The number of nitrogens with zero attached hydrogens (tertiary/aromatic N) is 3. The highest BCUT2D eigenvalue weighted by Gasteiger charge is 2.19. The highest BCUT2D eigenvalue weighted by atomic mass is 35.5. The summed E-state index contributed by atoms with van der Waals surface area (Å²) in [5.41, 5.74) is 3.71. The van der Waals surface area contributed by atoms with Crippen LogP contribution in [0, 0.1) is 10.1 Å². The molecule has 0 saturated heterocycles. The Morgan fingerprint density at radius 3 is 2.68 bits per heavy atom. The van der Waals surface area contributed by atoms with Crippen molar-refractivity contribution >= 4 is 28.6 Å². The van der Waals surface area contributed by atoms with Gasteiger partial charge in [0.25, 0.3) is 0 Å². The zero-order chi connectivity index (χ0) is 21.8. The van der Waals surface area contributed by atoms with Gasteiger partial charge in [0.1, 0.15) is 10.8 Å². The lowest BCUT2D eigenvalue weighted by Gasteiger charge is -2.08. The SMILES string of the molecule is CCCc1cc(-c2nc(-c3ccc(Oc4c(Cl)cccc4[N+](=O)[O-])cc3)cs2)ccn1. The average molecular weight is 452 g/mol. The fraction of sp³-hybridized carbons (Fsp3) is 0.130. The predicted octanol–water partition coefficient (Wildman–Crippen LogP) is 7.18. The van der Waals surface area contributed by atoms with Crippen molar-refractivity contribution < 1.29 is 9.66 Å². The Morgan fingerprint density at radius 1 is 1.13 bits per heavy atom. The summed E-state index contributed by atoms with van der Waals surface area (Å²) in [6.07, 6.45) is 3.81. The molecule has 0 bridgehead atoms. The van der Waals surface area contributed by atoms with Gasteiger partial charge in [-0.2, -0.15) is 0 Å². The van der Waals surface area contributed by atoms with E-state index >= 15 is 0 Å². The fourth-order valence-electron chi connectivity index (χ4n) is 3.10. The fourth-order valence-corrected chi connectivity index (χ4v) is 4.13. The molecule has 4 rings (SSSR count). The second kappa shape index (κ2) is 9.24. The highest BCUT2D eigenvalue weighted by Crippen LogP contribution is 2.38. The van der Waals surface area contributed by atoms with Crippen molar-refractivity contribution in [1.29, 1.82) is 0 Å². The number of para-hydroxylation sites is 1. The van der Waals surface area contributed by atoms with E-state index in [1.807, 2.05) is 29.8 Å². The van der Waals surface area contributed by atoms with Gasteiger partial charge in [-0.1, -0.05) is 31.0 Å². The summed E-state index contributed by atoms with van der Waals surface area (Å²) in [6, 6.07) is 15.7. The lowest BCUT2D eigenvalue weighted by atomic mass is 10.1. The molecule has 156 valence electrons. The molecule has 0 spiro atoms. The van der Waals surface area contributed by atoms with Crippen LogP contribution >= 0.6 is 22.9 Å². The molecule has 0 aliphatic carbocycles. The molecule has 0 saturated carbocycles. The third kappa shape index (κ3) is 4.73. The van der Waals surface area contributed by atoms with Crippen molar-refractivity contribution in [3.05, 3.63) is 87.0 Å². The van der Waals surface area contributed by atoms with Crippen LogP contribution in [0.15, 0.2) is 66.2 Å². The van der Waals surface area contributed by atoms with E-state index in [0.717, 1.165) is 40.4 Å². The van der Waals surface area contributed by atoms with Crippen LogP contribution in [0.1, 0.15) is 19.0 Å². The third-order valence-corrected chi connectivity index (χ3v) is 5.78. The van der Waals surface area contributed by atoms with Crippen LogP contribution in [0.3, 0.4) is 0 Å². The molecule has 0 atom stereocenters. The number of benzene rings is 2. The normalized spacial score (nSPS) is 10.8. The summed E-state index contributed by atoms with van der Waals surface area (Å²) >= 11 is 7.68. The van der Waals surface area contributed by atoms with Crippen LogP contribution in [0.4, 0.5) is 5.69 Å². The molecular weight excluding hydrogens is 434 g/mol. The van der Waals surface area contributed by atoms with E-state index in [1.54, 1.807) is 29.5 Å². The molecule has 0 amide bonds. The van der Waals surface area contributed by atoms with E-state index in [0.29, 0.717) is 5.75 Å². The molecule has 6 nitrogen and oxygen atoms in total. The maximum Gasteiger partial charge on any atom is 0.313 e. The Morgan fingerprint density at radius 2 is 1.94 bits per heavy atom. The summed E-state index contributed by atoms with van der Waals surface area (Å²) < 4.78 is 5.70. The molecule has 0 fully saturated rings. The van der Waals surface area contributed by atoms with Crippen molar-refractivity contribution in [1.82, 2.24) is 9.97 Å². The lowest BCUT2D eigenvalue weighted by molar-refractivity contribution is -0.385. The third-order valence-electron chi connectivity index (χ3n) is 4.59. The van der Waals surface area contributed by atoms with E-state index in [9.17, 15) is 10.1 Å². The van der Waals surface area contributed by atoms with Gasteiger partial charge in [0.05, 0.1) is 15.6 Å². The highest BCUT2D eigenvalue weighted by molar-refractivity contribution is 7.13. The van der Waals surface area contributed by atoms with E-state index < -0.39 is 4.92 Å². The van der Waals surface area contributed by atoms with Crippen LogP contribution in [0.5, 0.6) is 11.5 Å². The topological polar surface area (TPSA) is 78.2 Å². The Bertz CT molecular complexity index is 1220. The number of nitro benzene ring substituents is 1. The van der Waals surface area contributed by atoms with Crippen molar-refractivity contribution in [2.45, 2.75) is 19.8 Å². The largest absolute Gasteiger partial charge is 0.449 e. The average Bonchev–Trinajstić information content (AvgIpc) is 3.26. The Labute approximate surface area is 188 Å². The molecular formula is C23H18ClN3O3S. The van der Waals surface area contributed by atoms with Gasteiger partial charge in [0, 0.05) is 34.5 Å². The van der Waals surface area contributed by atoms with E-state index in [4.69, 9.17) is 21.3 Å². The first-order valence-corrected chi connectivity index (χ1v) is 10.9. The maximum atomic E-state index is 11.2. The van der Waals surface area contributed by atoms with E-state index in [2.05, 4.69) is 18.0 Å². The van der Waals surface area contributed by atoms with Gasteiger partial charge in [-0.15, -0.1) is 11.3 Å². The molecule has 31 heavy (non-hydrogen) atoms. The Hall–Kier alpha value is -3.29. The lowest BCUT2D eigenvalue weighted by Crippen LogP contribution is -1.94. The van der Waals surface area contributed by atoms with Crippen LogP contribution in [0.2, 0.25) is 5.02 Å². The molecule has 2 heterocycles. The summed E-state index contributed by atoms with van der Waals surface area (Å²) in [7, 11) is 0. The molecule has 8 heteroatoms. The van der Waals surface area contributed by atoms with Gasteiger partial charge in [-0.25, -0.2) is 4.98 Å². The minimum Gasteiger partial charge on any atom is -0.449 e. The number of thiazole rings is 1. The number of aryl methyl sites for hydroxylation is 1. The number of aromatic nitrogens is 2. The minimum atomic E-state index is -0.516.